The molecule has 100 valence electrons. The quantitative estimate of drug-likeness (QED) is 0.875. The van der Waals surface area contributed by atoms with Gasteiger partial charge in [0.05, 0.1) is 5.56 Å². The summed E-state index contributed by atoms with van der Waals surface area (Å²) in [7, 11) is 0. The van der Waals surface area contributed by atoms with Crippen LogP contribution < -0.4 is 5.73 Å². The van der Waals surface area contributed by atoms with E-state index < -0.39 is 17.3 Å². The minimum Gasteiger partial charge on any atom is -0.321 e. The minimum atomic E-state index is -4.36. The topological polar surface area (TPSA) is 26.0 Å². The van der Waals surface area contributed by atoms with Gasteiger partial charge in [0, 0.05) is 10.0 Å². The fourth-order valence-electron chi connectivity index (χ4n) is 2.54. The van der Waals surface area contributed by atoms with E-state index in [-0.39, 0.29) is 11.5 Å². The van der Waals surface area contributed by atoms with Crippen LogP contribution in [0.25, 0.3) is 0 Å². The highest BCUT2D eigenvalue weighted by Crippen LogP contribution is 2.55. The maximum absolute atomic E-state index is 13.0. The fraction of sp³-hybridized carbons (Fsp3) is 0.538. The van der Waals surface area contributed by atoms with Crippen LogP contribution >= 0.6 is 15.9 Å². The third-order valence-corrected chi connectivity index (χ3v) is 4.07. The van der Waals surface area contributed by atoms with E-state index in [1.54, 1.807) is 6.07 Å². The number of halogens is 4. The van der Waals surface area contributed by atoms with Crippen molar-refractivity contribution in [2.24, 2.45) is 11.7 Å². The van der Waals surface area contributed by atoms with Gasteiger partial charge >= 0.3 is 6.18 Å². The number of benzene rings is 1. The van der Waals surface area contributed by atoms with E-state index in [0.29, 0.717) is 10.9 Å². The Kier molecular flexibility index (Phi) is 3.49. The van der Waals surface area contributed by atoms with Gasteiger partial charge in [0.25, 0.3) is 0 Å². The van der Waals surface area contributed by atoms with E-state index in [0.717, 1.165) is 18.9 Å². The van der Waals surface area contributed by atoms with E-state index in [1.165, 1.54) is 6.07 Å². The van der Waals surface area contributed by atoms with Crippen LogP contribution in [0.2, 0.25) is 0 Å². The summed E-state index contributed by atoms with van der Waals surface area (Å²) in [6, 6.07) is 4.24. The second kappa shape index (κ2) is 4.53. The van der Waals surface area contributed by atoms with E-state index in [2.05, 4.69) is 15.9 Å². The van der Waals surface area contributed by atoms with Crippen molar-refractivity contribution in [1.82, 2.24) is 0 Å². The first-order valence-corrected chi connectivity index (χ1v) is 6.74. The zero-order valence-corrected chi connectivity index (χ0v) is 11.6. The summed E-state index contributed by atoms with van der Waals surface area (Å²) in [6.45, 7) is 2.02. The standard InChI is InChI=1S/C13H15BrF3N/c1-2-3-8-7-12(8,18)10-5-4-9(14)6-11(10)13(15,16)17/h4-6,8H,2-3,7,18H2,1H3. The van der Waals surface area contributed by atoms with Crippen LogP contribution in [0.1, 0.15) is 37.3 Å². The Hall–Kier alpha value is -0.550. The summed E-state index contributed by atoms with van der Waals surface area (Å²) in [5, 5.41) is 0. The molecule has 0 spiro atoms. The summed E-state index contributed by atoms with van der Waals surface area (Å²) in [5.74, 6) is 0.171. The Morgan fingerprint density at radius 3 is 2.67 bits per heavy atom. The van der Waals surface area contributed by atoms with Crippen molar-refractivity contribution in [3.05, 3.63) is 33.8 Å². The molecule has 1 saturated carbocycles. The van der Waals surface area contributed by atoms with Gasteiger partial charge in [0.15, 0.2) is 0 Å². The van der Waals surface area contributed by atoms with Gasteiger partial charge in [0.2, 0.25) is 0 Å². The van der Waals surface area contributed by atoms with E-state index in [1.807, 2.05) is 6.92 Å². The summed E-state index contributed by atoms with van der Waals surface area (Å²) in [5.41, 5.74) is 4.96. The molecule has 1 aliphatic carbocycles. The Morgan fingerprint density at radius 1 is 1.44 bits per heavy atom. The lowest BCUT2D eigenvalue weighted by Gasteiger charge is -2.19. The second-order valence-electron chi connectivity index (χ2n) is 4.92. The van der Waals surface area contributed by atoms with Crippen molar-refractivity contribution < 1.29 is 13.2 Å². The number of hydrogen-bond acceptors (Lipinski definition) is 1. The molecule has 1 aromatic carbocycles. The highest BCUT2D eigenvalue weighted by Gasteiger charge is 2.54. The van der Waals surface area contributed by atoms with Crippen LogP contribution in [0, 0.1) is 5.92 Å². The summed E-state index contributed by atoms with van der Waals surface area (Å²) in [4.78, 5) is 0. The zero-order valence-electron chi connectivity index (χ0n) is 10.0. The van der Waals surface area contributed by atoms with Gasteiger partial charge in [-0.2, -0.15) is 13.2 Å². The molecule has 1 fully saturated rings. The lowest BCUT2D eigenvalue weighted by Crippen LogP contribution is -2.26. The molecule has 1 nitrogen and oxygen atoms in total. The van der Waals surface area contributed by atoms with Crippen molar-refractivity contribution in [2.75, 3.05) is 0 Å². The molecule has 0 amide bonds. The third kappa shape index (κ3) is 2.43. The Balaban J connectivity index is 2.40. The highest BCUT2D eigenvalue weighted by atomic mass is 79.9. The molecule has 1 aliphatic rings. The fourth-order valence-corrected chi connectivity index (χ4v) is 2.90. The molecule has 2 atom stereocenters. The molecular formula is C13H15BrF3N. The smallest absolute Gasteiger partial charge is 0.321 e. The van der Waals surface area contributed by atoms with Gasteiger partial charge in [0.1, 0.15) is 0 Å². The second-order valence-corrected chi connectivity index (χ2v) is 5.83. The molecule has 5 heteroatoms. The van der Waals surface area contributed by atoms with Crippen molar-refractivity contribution >= 4 is 15.9 Å². The van der Waals surface area contributed by atoms with Crippen LogP contribution in [0.15, 0.2) is 22.7 Å². The number of nitrogens with two attached hydrogens (primary N) is 1. The Bertz CT molecular complexity index is 458. The minimum absolute atomic E-state index is 0.171. The summed E-state index contributed by atoms with van der Waals surface area (Å²) < 4.78 is 39.5. The molecule has 0 bridgehead atoms. The van der Waals surface area contributed by atoms with Gasteiger partial charge in [-0.25, -0.2) is 0 Å². The van der Waals surface area contributed by atoms with Crippen molar-refractivity contribution in [3.8, 4) is 0 Å². The normalized spacial score (nSPS) is 27.3. The number of hydrogen-bond donors (Lipinski definition) is 1. The maximum atomic E-state index is 13.0. The molecule has 2 rings (SSSR count). The van der Waals surface area contributed by atoms with Crippen LogP contribution in [-0.4, -0.2) is 0 Å². The maximum Gasteiger partial charge on any atom is 0.416 e. The van der Waals surface area contributed by atoms with Gasteiger partial charge < -0.3 is 5.73 Å². The summed E-state index contributed by atoms with van der Waals surface area (Å²) in [6.07, 6.45) is -1.89. The molecule has 0 saturated heterocycles. The molecule has 2 unspecified atom stereocenters. The van der Waals surface area contributed by atoms with E-state index in [4.69, 9.17) is 5.73 Å². The molecule has 0 radical (unpaired) electrons. The van der Waals surface area contributed by atoms with Crippen molar-refractivity contribution in [2.45, 2.75) is 37.9 Å². The van der Waals surface area contributed by atoms with Crippen molar-refractivity contribution in [3.63, 3.8) is 0 Å². The lowest BCUT2D eigenvalue weighted by molar-refractivity contribution is -0.138. The zero-order chi connectivity index (χ0) is 13.6. The predicted octanol–water partition coefficient (Wildman–Crippen LogP) is 4.44. The van der Waals surface area contributed by atoms with Gasteiger partial charge in [-0.1, -0.05) is 35.3 Å². The Morgan fingerprint density at radius 2 is 2.11 bits per heavy atom. The average Bonchev–Trinajstić information content (AvgIpc) is 2.89. The van der Waals surface area contributed by atoms with Gasteiger partial charge in [-0.05, 0) is 36.5 Å². The summed E-state index contributed by atoms with van der Waals surface area (Å²) >= 11 is 3.08. The van der Waals surface area contributed by atoms with Crippen LogP contribution in [0.4, 0.5) is 13.2 Å². The van der Waals surface area contributed by atoms with E-state index >= 15 is 0 Å². The average molecular weight is 322 g/mol. The number of rotatable bonds is 3. The van der Waals surface area contributed by atoms with Crippen LogP contribution in [0.3, 0.4) is 0 Å². The highest BCUT2D eigenvalue weighted by molar-refractivity contribution is 9.10. The largest absolute Gasteiger partial charge is 0.416 e. The first-order valence-electron chi connectivity index (χ1n) is 5.95. The monoisotopic (exact) mass is 321 g/mol. The molecule has 0 heterocycles. The lowest BCUT2D eigenvalue weighted by atomic mass is 9.95. The molecule has 1 aromatic rings. The number of alkyl halides is 3. The predicted molar refractivity (Wildman–Crippen MR) is 68.0 cm³/mol. The molecule has 0 aliphatic heterocycles. The first kappa shape index (κ1) is 13.9. The molecular weight excluding hydrogens is 307 g/mol. The van der Waals surface area contributed by atoms with Crippen LogP contribution in [-0.2, 0) is 11.7 Å². The molecule has 0 aromatic heterocycles. The van der Waals surface area contributed by atoms with Crippen LogP contribution in [0.5, 0.6) is 0 Å². The van der Waals surface area contributed by atoms with Crippen molar-refractivity contribution in [1.29, 1.82) is 0 Å². The first-order chi connectivity index (χ1) is 8.29. The van der Waals surface area contributed by atoms with Gasteiger partial charge in [-0.3, -0.25) is 0 Å². The van der Waals surface area contributed by atoms with E-state index in [9.17, 15) is 13.2 Å². The molecule has 18 heavy (non-hydrogen) atoms. The Labute approximate surface area is 113 Å². The third-order valence-electron chi connectivity index (χ3n) is 3.58. The molecule has 2 N–H and O–H groups in total. The SMILES string of the molecule is CCCC1CC1(N)c1ccc(Br)cc1C(F)(F)F. The van der Waals surface area contributed by atoms with Gasteiger partial charge in [-0.15, -0.1) is 0 Å².